The van der Waals surface area contributed by atoms with Crippen LogP contribution in [0.3, 0.4) is 0 Å². The van der Waals surface area contributed by atoms with Gasteiger partial charge in [0.05, 0.1) is 0 Å². The standard InChI is InChI=1S/C33H35N3O/c1-23-16-17-24(31(23)36(26-12-8-6-9-13-26)27-14-10-7-11-15-27)19-21-30-33(2,3)28-22-25(32(37)34-4)18-20-29(28)35(30)5/h6-15,18-22H,16-17H2,1-5H3,(H,34,37)/b24-19+,30-21+. The van der Waals surface area contributed by atoms with Gasteiger partial charge < -0.3 is 15.1 Å². The zero-order chi connectivity index (χ0) is 26.2. The first kappa shape index (κ1) is 24.6. The van der Waals surface area contributed by atoms with Crippen molar-refractivity contribution in [2.24, 2.45) is 0 Å². The summed E-state index contributed by atoms with van der Waals surface area (Å²) in [6.07, 6.45) is 6.65. The van der Waals surface area contributed by atoms with E-state index in [4.69, 9.17) is 0 Å². The Morgan fingerprint density at radius 3 is 2.14 bits per heavy atom. The minimum Gasteiger partial charge on any atom is -0.355 e. The molecular weight excluding hydrogens is 454 g/mol. The molecule has 4 nitrogen and oxygen atoms in total. The van der Waals surface area contributed by atoms with Gasteiger partial charge in [-0.25, -0.2) is 0 Å². The molecule has 1 aliphatic heterocycles. The molecular formula is C33H35N3O. The number of rotatable bonds is 5. The first-order valence-electron chi connectivity index (χ1n) is 12.9. The molecule has 188 valence electrons. The molecule has 0 bridgehead atoms. The van der Waals surface area contributed by atoms with Gasteiger partial charge in [-0.15, -0.1) is 0 Å². The van der Waals surface area contributed by atoms with E-state index in [2.05, 4.69) is 122 Å². The maximum atomic E-state index is 12.3. The van der Waals surface area contributed by atoms with Crippen molar-refractivity contribution in [3.05, 3.63) is 125 Å². The van der Waals surface area contributed by atoms with Crippen molar-refractivity contribution in [1.29, 1.82) is 0 Å². The molecule has 1 amide bonds. The summed E-state index contributed by atoms with van der Waals surface area (Å²) in [5.41, 5.74) is 10.4. The van der Waals surface area contributed by atoms with Crippen molar-refractivity contribution in [1.82, 2.24) is 5.32 Å². The Labute approximate surface area is 220 Å². The van der Waals surface area contributed by atoms with E-state index in [1.807, 2.05) is 12.1 Å². The van der Waals surface area contributed by atoms with E-state index in [-0.39, 0.29) is 11.3 Å². The second-order valence-corrected chi connectivity index (χ2v) is 10.4. The number of fused-ring (bicyclic) bond motifs is 1. The number of hydrogen-bond donors (Lipinski definition) is 1. The lowest BCUT2D eigenvalue weighted by molar-refractivity contribution is 0.0963. The number of benzene rings is 3. The van der Waals surface area contributed by atoms with Crippen LogP contribution in [0.5, 0.6) is 0 Å². The number of carbonyl (C=O) groups is 1. The van der Waals surface area contributed by atoms with Gasteiger partial charge in [-0.3, -0.25) is 4.79 Å². The van der Waals surface area contributed by atoms with Crippen molar-refractivity contribution in [3.63, 3.8) is 0 Å². The number of carbonyl (C=O) groups excluding carboxylic acids is 1. The summed E-state index contributed by atoms with van der Waals surface area (Å²) in [5, 5.41) is 2.74. The van der Waals surface area contributed by atoms with Gasteiger partial charge >= 0.3 is 0 Å². The Morgan fingerprint density at radius 1 is 0.919 bits per heavy atom. The summed E-state index contributed by atoms with van der Waals surface area (Å²) in [4.78, 5) is 16.9. The number of allylic oxidation sites excluding steroid dienone is 5. The van der Waals surface area contributed by atoms with Gasteiger partial charge in [-0.1, -0.05) is 56.3 Å². The van der Waals surface area contributed by atoms with E-state index in [0.29, 0.717) is 5.56 Å². The average molecular weight is 490 g/mol. The average Bonchev–Trinajstić information content (AvgIpc) is 3.37. The van der Waals surface area contributed by atoms with Crippen LogP contribution in [0.2, 0.25) is 0 Å². The highest BCUT2D eigenvalue weighted by Crippen LogP contribution is 2.48. The highest BCUT2D eigenvalue weighted by Gasteiger charge is 2.38. The molecule has 0 atom stereocenters. The molecule has 0 spiro atoms. The lowest BCUT2D eigenvalue weighted by Gasteiger charge is -2.28. The number of anilines is 3. The third kappa shape index (κ3) is 4.37. The Hall–Kier alpha value is -4.05. The number of likely N-dealkylation sites (N-methyl/N-ethyl adjacent to an activating group) is 1. The monoisotopic (exact) mass is 489 g/mol. The van der Waals surface area contributed by atoms with Crippen LogP contribution in [0, 0.1) is 0 Å². The van der Waals surface area contributed by atoms with Gasteiger partial charge in [0.1, 0.15) is 0 Å². The molecule has 37 heavy (non-hydrogen) atoms. The maximum Gasteiger partial charge on any atom is 0.251 e. The molecule has 0 radical (unpaired) electrons. The van der Waals surface area contributed by atoms with E-state index >= 15 is 0 Å². The molecule has 0 saturated heterocycles. The predicted molar refractivity (Wildman–Crippen MR) is 154 cm³/mol. The first-order chi connectivity index (χ1) is 17.8. The number of nitrogens with zero attached hydrogens (tertiary/aromatic N) is 2. The Morgan fingerprint density at radius 2 is 1.54 bits per heavy atom. The highest BCUT2D eigenvalue weighted by molar-refractivity contribution is 5.95. The van der Waals surface area contributed by atoms with E-state index < -0.39 is 0 Å². The third-order valence-corrected chi connectivity index (χ3v) is 7.69. The van der Waals surface area contributed by atoms with Crippen LogP contribution < -0.4 is 15.1 Å². The molecule has 0 saturated carbocycles. The molecule has 3 aromatic rings. The van der Waals surface area contributed by atoms with E-state index in [1.165, 1.54) is 28.1 Å². The van der Waals surface area contributed by atoms with Gasteiger partial charge in [-0.05, 0) is 85.0 Å². The van der Waals surface area contributed by atoms with Gasteiger partial charge in [-0.2, -0.15) is 0 Å². The summed E-state index contributed by atoms with van der Waals surface area (Å²) in [6.45, 7) is 6.73. The van der Waals surface area contributed by atoms with E-state index in [0.717, 1.165) is 29.9 Å². The van der Waals surface area contributed by atoms with Crippen LogP contribution in [0.15, 0.2) is 114 Å². The summed E-state index contributed by atoms with van der Waals surface area (Å²) in [6, 6.07) is 27.2. The number of hydrogen-bond acceptors (Lipinski definition) is 3. The van der Waals surface area contributed by atoms with Crippen LogP contribution >= 0.6 is 0 Å². The molecule has 2 aliphatic rings. The molecule has 3 aromatic carbocycles. The lowest BCUT2D eigenvalue weighted by atomic mass is 9.83. The largest absolute Gasteiger partial charge is 0.355 e. The zero-order valence-corrected chi connectivity index (χ0v) is 22.4. The van der Waals surface area contributed by atoms with Gasteiger partial charge in [0, 0.05) is 53.5 Å². The van der Waals surface area contributed by atoms with Crippen molar-refractivity contribution in [3.8, 4) is 0 Å². The third-order valence-electron chi connectivity index (χ3n) is 7.69. The minimum atomic E-state index is -0.221. The molecule has 5 rings (SSSR count). The lowest BCUT2D eigenvalue weighted by Crippen LogP contribution is -2.23. The second kappa shape index (κ2) is 9.78. The normalized spacial score (nSPS) is 18.5. The van der Waals surface area contributed by atoms with Gasteiger partial charge in [0.25, 0.3) is 5.91 Å². The Bertz CT molecular complexity index is 1370. The molecule has 0 fully saturated rings. The summed E-state index contributed by atoms with van der Waals surface area (Å²) in [5.74, 6) is -0.0566. The molecule has 0 aromatic heterocycles. The summed E-state index contributed by atoms with van der Waals surface area (Å²) in [7, 11) is 3.79. The molecule has 1 N–H and O–H groups in total. The Kier molecular flexibility index (Phi) is 6.51. The van der Waals surface area contributed by atoms with Crippen molar-refractivity contribution < 1.29 is 4.79 Å². The SMILES string of the molecule is CNC(=O)c1ccc2c(c1)C(C)(C)/C(=C\C=C1/CCC(C)=C1N(c1ccccc1)c1ccccc1)N2C. The smallest absolute Gasteiger partial charge is 0.251 e. The van der Waals surface area contributed by atoms with Crippen LogP contribution in [0.4, 0.5) is 17.1 Å². The zero-order valence-electron chi connectivity index (χ0n) is 22.4. The van der Waals surface area contributed by atoms with Crippen LogP contribution in [-0.2, 0) is 5.41 Å². The number of para-hydroxylation sites is 2. The topological polar surface area (TPSA) is 35.6 Å². The van der Waals surface area contributed by atoms with Gasteiger partial charge in [0.15, 0.2) is 0 Å². The second-order valence-electron chi connectivity index (χ2n) is 10.4. The van der Waals surface area contributed by atoms with Crippen LogP contribution in [-0.4, -0.2) is 20.0 Å². The summed E-state index contributed by atoms with van der Waals surface area (Å²) < 4.78 is 0. The van der Waals surface area contributed by atoms with Crippen molar-refractivity contribution in [2.45, 2.75) is 39.0 Å². The fraction of sp³-hybridized carbons (Fsp3) is 0.242. The molecule has 1 heterocycles. The highest BCUT2D eigenvalue weighted by atomic mass is 16.1. The fourth-order valence-corrected chi connectivity index (χ4v) is 5.69. The van der Waals surface area contributed by atoms with Crippen molar-refractivity contribution >= 4 is 23.0 Å². The summed E-state index contributed by atoms with van der Waals surface area (Å²) >= 11 is 0. The quantitative estimate of drug-likeness (QED) is 0.403. The van der Waals surface area contributed by atoms with Crippen molar-refractivity contribution in [2.75, 3.05) is 23.9 Å². The number of amides is 1. The molecule has 4 heteroatoms. The fourth-order valence-electron chi connectivity index (χ4n) is 5.69. The van der Waals surface area contributed by atoms with Crippen LogP contribution in [0.25, 0.3) is 0 Å². The predicted octanol–water partition coefficient (Wildman–Crippen LogP) is 7.49. The Balaban J connectivity index is 1.56. The van der Waals surface area contributed by atoms with E-state index in [1.54, 1.807) is 7.05 Å². The van der Waals surface area contributed by atoms with Gasteiger partial charge in [0.2, 0.25) is 0 Å². The molecule has 0 unspecified atom stereocenters. The molecule has 1 aliphatic carbocycles. The van der Waals surface area contributed by atoms with E-state index in [9.17, 15) is 4.79 Å². The minimum absolute atomic E-state index is 0.0566. The maximum absolute atomic E-state index is 12.3. The van der Waals surface area contributed by atoms with Crippen LogP contribution in [0.1, 0.15) is 49.5 Å². The first-order valence-corrected chi connectivity index (χ1v) is 12.9. The number of nitrogens with one attached hydrogen (secondary N) is 1.